The molecular weight excluding hydrogens is 166 g/mol. The molecule has 1 aliphatic heterocycles. The molecule has 0 spiro atoms. The van der Waals surface area contributed by atoms with E-state index in [1.54, 1.807) is 0 Å². The fourth-order valence-electron chi connectivity index (χ4n) is 1.77. The molecule has 0 amide bonds. The van der Waals surface area contributed by atoms with Gasteiger partial charge < -0.3 is 9.53 Å². The summed E-state index contributed by atoms with van der Waals surface area (Å²) in [4.78, 5) is 12.9. The Labute approximate surface area is 80.1 Å². The normalized spacial score (nSPS) is 24.5. The van der Waals surface area contributed by atoms with Crippen LogP contribution in [0.2, 0.25) is 0 Å². The van der Waals surface area contributed by atoms with Crippen molar-refractivity contribution in [1.29, 1.82) is 0 Å². The van der Waals surface area contributed by atoms with Crippen molar-refractivity contribution in [2.45, 2.75) is 32.2 Å². The first-order chi connectivity index (χ1) is 6.38. The Kier molecular flexibility index (Phi) is 5.01. The lowest BCUT2D eigenvalue weighted by Gasteiger charge is -2.31. The average Bonchev–Trinajstić information content (AvgIpc) is 2.19. The van der Waals surface area contributed by atoms with Crippen molar-refractivity contribution in [3.63, 3.8) is 0 Å². The lowest BCUT2D eigenvalue weighted by Crippen LogP contribution is -2.42. The van der Waals surface area contributed by atoms with Crippen LogP contribution in [0.3, 0.4) is 0 Å². The summed E-state index contributed by atoms with van der Waals surface area (Å²) < 4.78 is 5.27. The SMILES string of the molecule is CCOCCN1CCCCC1C=O. The number of rotatable bonds is 5. The molecule has 0 N–H and O–H groups in total. The molecule has 0 aromatic carbocycles. The second-order valence-corrected chi connectivity index (χ2v) is 3.43. The van der Waals surface area contributed by atoms with E-state index in [0.717, 1.165) is 39.0 Å². The van der Waals surface area contributed by atoms with Crippen molar-refractivity contribution >= 4 is 6.29 Å². The van der Waals surface area contributed by atoms with E-state index in [1.165, 1.54) is 12.8 Å². The Balaban J connectivity index is 2.23. The molecule has 76 valence electrons. The van der Waals surface area contributed by atoms with Gasteiger partial charge in [-0.2, -0.15) is 0 Å². The number of likely N-dealkylation sites (tertiary alicyclic amines) is 1. The van der Waals surface area contributed by atoms with Gasteiger partial charge in [-0.15, -0.1) is 0 Å². The molecule has 3 heteroatoms. The molecule has 0 aliphatic carbocycles. The van der Waals surface area contributed by atoms with Crippen molar-refractivity contribution in [2.24, 2.45) is 0 Å². The van der Waals surface area contributed by atoms with Crippen molar-refractivity contribution in [1.82, 2.24) is 4.90 Å². The van der Waals surface area contributed by atoms with Crippen LogP contribution in [0.5, 0.6) is 0 Å². The zero-order valence-electron chi connectivity index (χ0n) is 8.37. The lowest BCUT2D eigenvalue weighted by molar-refractivity contribution is -0.113. The van der Waals surface area contributed by atoms with Crippen LogP contribution in [0, 0.1) is 0 Å². The minimum Gasteiger partial charge on any atom is -0.380 e. The van der Waals surface area contributed by atoms with E-state index in [4.69, 9.17) is 4.74 Å². The predicted octanol–water partition coefficient (Wildman–Crippen LogP) is 1.08. The van der Waals surface area contributed by atoms with Crippen LogP contribution in [0.1, 0.15) is 26.2 Å². The van der Waals surface area contributed by atoms with Crippen LogP contribution >= 0.6 is 0 Å². The summed E-state index contributed by atoms with van der Waals surface area (Å²) in [6.07, 6.45) is 4.51. The van der Waals surface area contributed by atoms with Gasteiger partial charge in [0.05, 0.1) is 12.6 Å². The molecule has 1 aliphatic rings. The first-order valence-electron chi connectivity index (χ1n) is 5.15. The largest absolute Gasteiger partial charge is 0.380 e. The molecule has 1 heterocycles. The molecule has 1 fully saturated rings. The number of ether oxygens (including phenoxy) is 1. The van der Waals surface area contributed by atoms with Gasteiger partial charge in [-0.3, -0.25) is 4.90 Å². The van der Waals surface area contributed by atoms with Crippen LogP contribution in [-0.4, -0.2) is 43.5 Å². The third kappa shape index (κ3) is 3.44. The highest BCUT2D eigenvalue weighted by atomic mass is 16.5. The molecule has 13 heavy (non-hydrogen) atoms. The minimum absolute atomic E-state index is 0.147. The summed E-state index contributed by atoms with van der Waals surface area (Å²) in [7, 11) is 0. The smallest absolute Gasteiger partial charge is 0.137 e. The van der Waals surface area contributed by atoms with Gasteiger partial charge in [-0.05, 0) is 26.3 Å². The van der Waals surface area contributed by atoms with Gasteiger partial charge in [0, 0.05) is 13.2 Å². The fourth-order valence-corrected chi connectivity index (χ4v) is 1.77. The van der Waals surface area contributed by atoms with Gasteiger partial charge in [0.1, 0.15) is 6.29 Å². The van der Waals surface area contributed by atoms with E-state index in [0.29, 0.717) is 0 Å². The standard InChI is InChI=1S/C10H19NO2/c1-2-13-8-7-11-6-4-3-5-10(11)9-12/h9-10H,2-8H2,1H3. The maximum absolute atomic E-state index is 10.7. The number of hydrogen-bond donors (Lipinski definition) is 0. The summed E-state index contributed by atoms with van der Waals surface area (Å²) in [5.74, 6) is 0. The summed E-state index contributed by atoms with van der Waals surface area (Å²) in [5.41, 5.74) is 0. The number of hydrogen-bond acceptors (Lipinski definition) is 3. The third-order valence-corrected chi connectivity index (χ3v) is 2.55. The van der Waals surface area contributed by atoms with Gasteiger partial charge in [-0.25, -0.2) is 0 Å². The highest BCUT2D eigenvalue weighted by Crippen LogP contribution is 2.14. The van der Waals surface area contributed by atoms with Crippen LogP contribution in [0.25, 0.3) is 0 Å². The maximum Gasteiger partial charge on any atom is 0.137 e. The van der Waals surface area contributed by atoms with E-state index < -0.39 is 0 Å². The molecule has 1 rings (SSSR count). The molecule has 1 unspecified atom stereocenters. The van der Waals surface area contributed by atoms with Crippen LogP contribution < -0.4 is 0 Å². The van der Waals surface area contributed by atoms with Crippen LogP contribution in [0.4, 0.5) is 0 Å². The molecule has 0 aromatic rings. The van der Waals surface area contributed by atoms with E-state index in [9.17, 15) is 4.79 Å². The molecule has 1 atom stereocenters. The molecule has 3 nitrogen and oxygen atoms in total. The van der Waals surface area contributed by atoms with Crippen molar-refractivity contribution in [3.8, 4) is 0 Å². The zero-order valence-corrected chi connectivity index (χ0v) is 8.37. The summed E-state index contributed by atoms with van der Waals surface area (Å²) in [6, 6.07) is 0.147. The third-order valence-electron chi connectivity index (χ3n) is 2.55. The molecule has 1 saturated heterocycles. The van der Waals surface area contributed by atoms with Crippen molar-refractivity contribution in [2.75, 3.05) is 26.3 Å². The fraction of sp³-hybridized carbons (Fsp3) is 0.900. The maximum atomic E-state index is 10.7. The second kappa shape index (κ2) is 6.11. The van der Waals surface area contributed by atoms with Gasteiger partial charge in [-0.1, -0.05) is 6.42 Å². The first kappa shape index (κ1) is 10.7. The Hall–Kier alpha value is -0.410. The minimum atomic E-state index is 0.147. The Bertz CT molecular complexity index is 150. The van der Waals surface area contributed by atoms with E-state index in [2.05, 4.69) is 4.90 Å². The lowest BCUT2D eigenvalue weighted by atomic mass is 10.0. The Morgan fingerprint density at radius 2 is 2.38 bits per heavy atom. The highest BCUT2D eigenvalue weighted by Gasteiger charge is 2.20. The molecule has 0 bridgehead atoms. The van der Waals surface area contributed by atoms with Gasteiger partial charge in [0.15, 0.2) is 0 Å². The summed E-state index contributed by atoms with van der Waals surface area (Å²) in [5, 5.41) is 0. The topological polar surface area (TPSA) is 29.5 Å². The quantitative estimate of drug-likeness (QED) is 0.474. The van der Waals surface area contributed by atoms with Crippen molar-refractivity contribution in [3.05, 3.63) is 0 Å². The summed E-state index contributed by atoms with van der Waals surface area (Å²) in [6.45, 7) is 5.46. The second-order valence-electron chi connectivity index (χ2n) is 3.43. The molecule has 0 aromatic heterocycles. The Morgan fingerprint density at radius 3 is 3.08 bits per heavy atom. The number of piperidine rings is 1. The zero-order chi connectivity index (χ0) is 9.52. The van der Waals surface area contributed by atoms with E-state index in [1.807, 2.05) is 6.92 Å². The monoisotopic (exact) mass is 185 g/mol. The van der Waals surface area contributed by atoms with Gasteiger partial charge in [0.25, 0.3) is 0 Å². The van der Waals surface area contributed by atoms with E-state index >= 15 is 0 Å². The number of carbonyl (C=O) groups is 1. The van der Waals surface area contributed by atoms with Gasteiger partial charge >= 0.3 is 0 Å². The number of aldehydes is 1. The Morgan fingerprint density at radius 1 is 1.54 bits per heavy atom. The predicted molar refractivity (Wildman–Crippen MR) is 51.8 cm³/mol. The van der Waals surface area contributed by atoms with Crippen LogP contribution in [0.15, 0.2) is 0 Å². The van der Waals surface area contributed by atoms with Crippen molar-refractivity contribution < 1.29 is 9.53 Å². The number of nitrogens with zero attached hydrogens (tertiary/aromatic N) is 1. The van der Waals surface area contributed by atoms with Gasteiger partial charge in [0.2, 0.25) is 0 Å². The molecule has 0 saturated carbocycles. The highest BCUT2D eigenvalue weighted by molar-refractivity contribution is 5.57. The first-order valence-corrected chi connectivity index (χ1v) is 5.15. The molecule has 0 radical (unpaired) electrons. The van der Waals surface area contributed by atoms with E-state index in [-0.39, 0.29) is 6.04 Å². The average molecular weight is 185 g/mol. The number of carbonyl (C=O) groups excluding carboxylic acids is 1. The molecular formula is C10H19NO2. The summed E-state index contributed by atoms with van der Waals surface area (Å²) >= 11 is 0. The van der Waals surface area contributed by atoms with Crippen LogP contribution in [-0.2, 0) is 9.53 Å².